The Kier molecular flexibility index (Phi) is 40.4. The molecule has 0 aliphatic carbocycles. The Balaban J connectivity index is -0.000000115. The fourth-order valence-electron chi connectivity index (χ4n) is 0.808. The summed E-state index contributed by atoms with van der Waals surface area (Å²) < 4.78 is 9.70. The maximum absolute atomic E-state index is 10.9. The van der Waals surface area contributed by atoms with E-state index in [1.54, 1.807) is 25.7 Å². The summed E-state index contributed by atoms with van der Waals surface area (Å²) in [6, 6.07) is 0. The maximum atomic E-state index is 10.9. The van der Waals surface area contributed by atoms with E-state index in [9.17, 15) is 4.79 Å². The van der Waals surface area contributed by atoms with Crippen LogP contribution in [0.15, 0.2) is 0 Å². The molecule has 7 heteroatoms. The molecule has 0 aliphatic rings. The van der Waals surface area contributed by atoms with Gasteiger partial charge in [-0.25, -0.2) is 0 Å². The number of thioether (sulfide) groups is 1. The molecular weight excluding hydrogens is 369 g/mol. The van der Waals surface area contributed by atoms with Crippen molar-refractivity contribution in [3.05, 3.63) is 6.92 Å². The third kappa shape index (κ3) is 33.4. The Morgan fingerprint density at radius 2 is 1.71 bits per heavy atom. The molecular formula is C14H32NO4SZr-. The van der Waals surface area contributed by atoms with Crippen molar-refractivity contribution >= 4 is 17.7 Å². The number of amides is 1. The second-order valence-electron chi connectivity index (χ2n) is 3.51. The Labute approximate surface area is 154 Å². The van der Waals surface area contributed by atoms with Gasteiger partial charge in [-0.2, -0.15) is 11.8 Å². The molecule has 2 N–H and O–H groups in total. The van der Waals surface area contributed by atoms with Crippen LogP contribution in [-0.4, -0.2) is 56.2 Å². The first kappa shape index (κ1) is 29.6. The molecule has 128 valence electrons. The summed E-state index contributed by atoms with van der Waals surface area (Å²) in [5.74, 6) is 1.92. The SMILES string of the molecule is CCO.CCOCOCC.[CH2-]CSCC(C)C(=O)NC.[Zr]. The largest absolute Gasteiger partial charge is 0.397 e. The molecule has 21 heavy (non-hydrogen) atoms. The Hall–Kier alpha value is 0.583. The number of nitrogens with one attached hydrogen (secondary N) is 1. The van der Waals surface area contributed by atoms with E-state index >= 15 is 0 Å². The van der Waals surface area contributed by atoms with E-state index in [-0.39, 0.29) is 44.6 Å². The summed E-state index contributed by atoms with van der Waals surface area (Å²) in [6.45, 7) is 13.3. The van der Waals surface area contributed by atoms with E-state index in [0.717, 1.165) is 24.7 Å². The molecule has 0 saturated carbocycles. The van der Waals surface area contributed by atoms with Gasteiger partial charge in [0.15, 0.2) is 0 Å². The first-order chi connectivity index (χ1) is 9.55. The van der Waals surface area contributed by atoms with Gasteiger partial charge in [-0.1, -0.05) is 6.92 Å². The van der Waals surface area contributed by atoms with Crippen LogP contribution in [0.5, 0.6) is 0 Å². The molecule has 0 fully saturated rings. The van der Waals surface area contributed by atoms with Crippen LogP contribution in [0, 0.1) is 12.8 Å². The molecule has 0 aromatic heterocycles. The fourth-order valence-corrected chi connectivity index (χ4v) is 1.48. The minimum absolute atomic E-state index is 0. The van der Waals surface area contributed by atoms with Gasteiger partial charge in [-0.3, -0.25) is 4.79 Å². The first-order valence-corrected chi connectivity index (χ1v) is 8.05. The zero-order chi connectivity index (χ0) is 16.2. The zero-order valence-electron chi connectivity index (χ0n) is 14.1. The normalized spacial score (nSPS) is 10.0. The van der Waals surface area contributed by atoms with Gasteiger partial charge in [0, 0.05) is 64.7 Å². The number of aliphatic hydroxyl groups excluding tert-OH is 1. The Morgan fingerprint density at radius 1 is 1.29 bits per heavy atom. The molecule has 5 nitrogen and oxygen atoms in total. The molecule has 1 amide bonds. The zero-order valence-corrected chi connectivity index (χ0v) is 17.4. The molecule has 0 aromatic rings. The van der Waals surface area contributed by atoms with Crippen LogP contribution in [-0.2, 0) is 40.5 Å². The van der Waals surface area contributed by atoms with Crippen molar-refractivity contribution in [3.63, 3.8) is 0 Å². The maximum Gasteiger partial charge on any atom is 0.223 e. The number of rotatable bonds is 8. The van der Waals surface area contributed by atoms with Crippen molar-refractivity contribution in [3.8, 4) is 0 Å². The quantitative estimate of drug-likeness (QED) is 0.370. The van der Waals surface area contributed by atoms with Crippen molar-refractivity contribution in [1.29, 1.82) is 0 Å². The average Bonchev–Trinajstić information content (AvgIpc) is 2.46. The van der Waals surface area contributed by atoms with Crippen LogP contribution in [0.2, 0.25) is 0 Å². The fraction of sp³-hybridized carbons (Fsp3) is 0.857. The van der Waals surface area contributed by atoms with Crippen molar-refractivity contribution < 1.29 is 45.6 Å². The summed E-state index contributed by atoms with van der Waals surface area (Å²) in [5.41, 5.74) is 0. The molecule has 1 unspecified atom stereocenters. The van der Waals surface area contributed by atoms with Gasteiger partial charge in [0.05, 0.1) is 0 Å². The summed E-state index contributed by atoms with van der Waals surface area (Å²) in [4.78, 5) is 10.9. The summed E-state index contributed by atoms with van der Waals surface area (Å²) in [7, 11) is 1.66. The van der Waals surface area contributed by atoms with Crippen molar-refractivity contribution in [2.75, 3.05) is 45.2 Å². The number of carbonyl (C=O) groups is 1. The minimum atomic E-state index is 0. The smallest absolute Gasteiger partial charge is 0.223 e. The summed E-state index contributed by atoms with van der Waals surface area (Å²) in [5, 5.41) is 10.2. The van der Waals surface area contributed by atoms with E-state index in [1.807, 2.05) is 20.8 Å². The molecule has 1 atom stereocenters. The van der Waals surface area contributed by atoms with Gasteiger partial charge in [0.1, 0.15) is 6.79 Å². The van der Waals surface area contributed by atoms with E-state index in [2.05, 4.69) is 12.2 Å². The molecule has 0 saturated heterocycles. The second kappa shape index (κ2) is 28.7. The molecule has 0 aliphatic heterocycles. The number of ether oxygens (including phenoxy) is 2. The van der Waals surface area contributed by atoms with E-state index < -0.39 is 0 Å². The Bertz CT molecular complexity index is 184. The van der Waals surface area contributed by atoms with Gasteiger partial charge in [-0.05, 0) is 20.8 Å². The summed E-state index contributed by atoms with van der Waals surface area (Å²) in [6.07, 6.45) is 0. The minimum Gasteiger partial charge on any atom is -0.397 e. The standard InChI is InChI=1S/C7H14NOS.C5H12O2.C2H6O.Zr/c1-4-10-5-6(2)7(9)8-3;1-3-6-5-7-4-2;1-2-3;/h6H,1,4-5H2,2-3H3,(H,8,9);3-5H2,1-2H3;3H,2H2,1H3;/q-1;;;. The van der Waals surface area contributed by atoms with Crippen molar-refractivity contribution in [2.45, 2.75) is 27.7 Å². The van der Waals surface area contributed by atoms with Gasteiger partial charge in [0.25, 0.3) is 0 Å². The number of aliphatic hydroxyl groups is 1. The molecule has 0 radical (unpaired) electrons. The molecule has 0 aromatic carbocycles. The van der Waals surface area contributed by atoms with Crippen LogP contribution in [0.3, 0.4) is 0 Å². The summed E-state index contributed by atoms with van der Waals surface area (Å²) >= 11 is 1.69. The predicted molar refractivity (Wildman–Crippen MR) is 86.8 cm³/mol. The first-order valence-electron chi connectivity index (χ1n) is 6.90. The Morgan fingerprint density at radius 3 is 2.00 bits per heavy atom. The third-order valence-corrected chi connectivity index (χ3v) is 2.81. The van der Waals surface area contributed by atoms with Crippen molar-refractivity contribution in [2.24, 2.45) is 5.92 Å². The van der Waals surface area contributed by atoms with Crippen LogP contribution in [0.1, 0.15) is 27.7 Å². The second-order valence-corrected chi connectivity index (χ2v) is 4.66. The van der Waals surface area contributed by atoms with Gasteiger partial charge in [-0.15, -0.1) is 5.75 Å². The van der Waals surface area contributed by atoms with Crippen LogP contribution in [0.4, 0.5) is 0 Å². The molecule has 0 bridgehead atoms. The van der Waals surface area contributed by atoms with Gasteiger partial charge in [0.2, 0.25) is 5.91 Å². The van der Waals surface area contributed by atoms with Crippen molar-refractivity contribution in [1.82, 2.24) is 5.32 Å². The topological polar surface area (TPSA) is 67.8 Å². The van der Waals surface area contributed by atoms with Crippen LogP contribution < -0.4 is 5.32 Å². The average molecular weight is 402 g/mol. The monoisotopic (exact) mass is 400 g/mol. The molecule has 0 rings (SSSR count). The van der Waals surface area contributed by atoms with Gasteiger partial charge < -0.3 is 26.8 Å². The number of hydrogen-bond donors (Lipinski definition) is 2. The van der Waals surface area contributed by atoms with Crippen LogP contribution >= 0.6 is 11.8 Å². The number of hydrogen-bond acceptors (Lipinski definition) is 5. The van der Waals surface area contributed by atoms with Gasteiger partial charge >= 0.3 is 0 Å². The van der Waals surface area contributed by atoms with Crippen LogP contribution in [0.25, 0.3) is 0 Å². The van der Waals surface area contributed by atoms with E-state index in [1.165, 1.54) is 0 Å². The van der Waals surface area contributed by atoms with E-state index in [0.29, 0.717) is 6.79 Å². The van der Waals surface area contributed by atoms with E-state index in [4.69, 9.17) is 14.6 Å². The predicted octanol–water partition coefficient (Wildman–Crippen LogP) is 1.95. The molecule has 0 spiro atoms. The third-order valence-electron chi connectivity index (χ3n) is 1.78. The molecule has 0 heterocycles. The number of carbonyl (C=O) groups excluding carboxylic acids is 1.